The molecule has 1 heterocycles. The number of ether oxygens (including phenoxy) is 3. The minimum Gasteiger partial charge on any atom is -0.444 e. The van der Waals surface area contributed by atoms with E-state index in [1.54, 1.807) is 48.4 Å². The van der Waals surface area contributed by atoms with Crippen LogP contribution >= 0.6 is 0 Å². The third-order valence-electron chi connectivity index (χ3n) is 5.11. The Morgan fingerprint density at radius 1 is 1.03 bits per heavy atom. The maximum Gasteiger partial charge on any atom is 0.417 e. The number of piperidine rings is 1. The lowest BCUT2D eigenvalue weighted by molar-refractivity contribution is -0.0733. The van der Waals surface area contributed by atoms with E-state index in [0.29, 0.717) is 24.5 Å². The molecule has 1 saturated heterocycles. The van der Waals surface area contributed by atoms with Crippen LogP contribution in [0.1, 0.15) is 39.2 Å². The first-order valence-electron chi connectivity index (χ1n) is 10.4. The monoisotopic (exact) mass is 426 g/mol. The van der Waals surface area contributed by atoms with Crippen molar-refractivity contribution in [1.29, 1.82) is 0 Å². The van der Waals surface area contributed by atoms with E-state index in [-0.39, 0.29) is 6.09 Å². The summed E-state index contributed by atoms with van der Waals surface area (Å²) in [6, 6.07) is 16.3. The minimum atomic E-state index is -0.627. The van der Waals surface area contributed by atoms with Gasteiger partial charge in [-0.15, -0.1) is 0 Å². The molecule has 1 aliphatic rings. The van der Waals surface area contributed by atoms with Gasteiger partial charge in [-0.3, -0.25) is 5.32 Å². The van der Waals surface area contributed by atoms with Crippen molar-refractivity contribution in [3.63, 3.8) is 0 Å². The molecule has 7 nitrogen and oxygen atoms in total. The molecule has 1 N–H and O–H groups in total. The molecule has 1 unspecified atom stereocenters. The van der Waals surface area contributed by atoms with Crippen molar-refractivity contribution < 1.29 is 23.8 Å². The lowest BCUT2D eigenvalue weighted by Gasteiger charge is -2.42. The molecule has 0 bridgehead atoms. The molecule has 166 valence electrons. The SMILES string of the molecule is COC1(c2ccc(NC(=O)Oc3ccccc3)cc2)CCCN(C(=O)OC(C)(C)C)C1. The van der Waals surface area contributed by atoms with E-state index in [2.05, 4.69) is 5.32 Å². The second-order valence-corrected chi connectivity index (χ2v) is 8.61. The van der Waals surface area contributed by atoms with Crippen molar-refractivity contribution in [3.05, 3.63) is 60.2 Å². The molecule has 2 aromatic carbocycles. The quantitative estimate of drug-likeness (QED) is 0.730. The molecule has 2 aromatic rings. The summed E-state index contributed by atoms with van der Waals surface area (Å²) >= 11 is 0. The van der Waals surface area contributed by atoms with Crippen LogP contribution < -0.4 is 10.1 Å². The van der Waals surface area contributed by atoms with Crippen LogP contribution in [-0.2, 0) is 15.1 Å². The summed E-state index contributed by atoms with van der Waals surface area (Å²) in [5, 5.41) is 2.72. The molecule has 0 aliphatic carbocycles. The van der Waals surface area contributed by atoms with Gasteiger partial charge in [0.05, 0.1) is 6.54 Å². The van der Waals surface area contributed by atoms with Crippen molar-refractivity contribution in [2.45, 2.75) is 44.8 Å². The van der Waals surface area contributed by atoms with Gasteiger partial charge in [-0.2, -0.15) is 0 Å². The van der Waals surface area contributed by atoms with Gasteiger partial charge in [0.25, 0.3) is 0 Å². The largest absolute Gasteiger partial charge is 0.444 e. The van der Waals surface area contributed by atoms with Gasteiger partial charge in [-0.25, -0.2) is 9.59 Å². The molecule has 3 rings (SSSR count). The van der Waals surface area contributed by atoms with Crippen LogP contribution in [0.4, 0.5) is 15.3 Å². The molecule has 0 aromatic heterocycles. The molecular formula is C24H30N2O5. The first-order chi connectivity index (χ1) is 14.7. The number of anilines is 1. The highest BCUT2D eigenvalue weighted by Crippen LogP contribution is 2.36. The van der Waals surface area contributed by atoms with E-state index in [4.69, 9.17) is 14.2 Å². The van der Waals surface area contributed by atoms with E-state index in [9.17, 15) is 9.59 Å². The Hall–Kier alpha value is -3.06. The zero-order chi connectivity index (χ0) is 22.5. The van der Waals surface area contributed by atoms with Gasteiger partial charge in [0.15, 0.2) is 0 Å². The van der Waals surface area contributed by atoms with E-state index >= 15 is 0 Å². The molecule has 31 heavy (non-hydrogen) atoms. The number of carbonyl (C=O) groups excluding carboxylic acids is 2. The fraction of sp³-hybridized carbons (Fsp3) is 0.417. The Bertz CT molecular complexity index is 892. The fourth-order valence-corrected chi connectivity index (χ4v) is 3.62. The number of benzene rings is 2. The predicted octanol–water partition coefficient (Wildman–Crippen LogP) is 5.17. The van der Waals surface area contributed by atoms with Crippen LogP contribution in [0.5, 0.6) is 5.75 Å². The molecule has 1 aliphatic heterocycles. The lowest BCUT2D eigenvalue weighted by Crippen LogP contribution is -2.50. The molecule has 1 atom stereocenters. The van der Waals surface area contributed by atoms with Crippen LogP contribution in [0.15, 0.2) is 54.6 Å². The number of amides is 2. The van der Waals surface area contributed by atoms with Crippen molar-refractivity contribution in [2.75, 3.05) is 25.5 Å². The molecular weight excluding hydrogens is 396 g/mol. The maximum atomic E-state index is 12.6. The highest BCUT2D eigenvalue weighted by Gasteiger charge is 2.40. The Morgan fingerprint density at radius 2 is 1.71 bits per heavy atom. The number of rotatable bonds is 4. The van der Waals surface area contributed by atoms with Crippen LogP contribution in [0.25, 0.3) is 0 Å². The van der Waals surface area contributed by atoms with E-state index < -0.39 is 17.3 Å². The second-order valence-electron chi connectivity index (χ2n) is 8.61. The number of nitrogens with one attached hydrogen (secondary N) is 1. The lowest BCUT2D eigenvalue weighted by atomic mass is 9.85. The van der Waals surface area contributed by atoms with Crippen LogP contribution in [0, 0.1) is 0 Å². The number of carbonyl (C=O) groups is 2. The first kappa shape index (κ1) is 22.6. The summed E-state index contributed by atoms with van der Waals surface area (Å²) in [6.45, 7) is 6.60. The second kappa shape index (κ2) is 9.39. The normalized spacial score (nSPS) is 18.9. The Morgan fingerprint density at radius 3 is 2.32 bits per heavy atom. The molecule has 2 amide bonds. The summed E-state index contributed by atoms with van der Waals surface area (Å²) in [4.78, 5) is 26.4. The average Bonchev–Trinajstić information content (AvgIpc) is 2.73. The predicted molar refractivity (Wildman–Crippen MR) is 118 cm³/mol. The standard InChI is InChI=1S/C24H30N2O5/c1-23(2,3)31-22(28)26-16-8-15-24(17-26,29-4)18-11-13-19(14-12-18)25-21(27)30-20-9-6-5-7-10-20/h5-7,9-14H,8,15-17H2,1-4H3,(H,25,27). The zero-order valence-corrected chi connectivity index (χ0v) is 18.5. The first-order valence-corrected chi connectivity index (χ1v) is 10.4. The summed E-state index contributed by atoms with van der Waals surface area (Å²) < 4.78 is 16.7. The van der Waals surface area contributed by atoms with Gasteiger partial charge in [-0.1, -0.05) is 30.3 Å². The maximum absolute atomic E-state index is 12.6. The Balaban J connectivity index is 1.67. The summed E-state index contributed by atoms with van der Waals surface area (Å²) in [5.74, 6) is 0.472. The number of likely N-dealkylation sites (tertiary alicyclic amines) is 1. The Labute approximate surface area is 183 Å². The fourth-order valence-electron chi connectivity index (χ4n) is 3.62. The minimum absolute atomic E-state index is 0.337. The van der Waals surface area contributed by atoms with Crippen molar-refractivity contribution in [3.8, 4) is 5.75 Å². The summed E-state index contributed by atoms with van der Waals surface area (Å²) in [6.07, 6.45) is 0.687. The third kappa shape index (κ3) is 5.98. The number of nitrogens with zero attached hydrogens (tertiary/aromatic N) is 1. The summed E-state index contributed by atoms with van der Waals surface area (Å²) in [7, 11) is 1.65. The van der Waals surface area contributed by atoms with Gasteiger partial charge >= 0.3 is 12.2 Å². The van der Waals surface area contributed by atoms with E-state index in [1.165, 1.54) is 0 Å². The zero-order valence-electron chi connectivity index (χ0n) is 18.5. The smallest absolute Gasteiger partial charge is 0.417 e. The number of para-hydroxylation sites is 1. The van der Waals surface area contributed by atoms with Crippen molar-refractivity contribution >= 4 is 17.9 Å². The molecule has 0 saturated carbocycles. The number of methoxy groups -OCH3 is 1. The van der Waals surface area contributed by atoms with Crippen LogP contribution in [-0.4, -0.2) is 42.9 Å². The van der Waals surface area contributed by atoms with E-state index in [0.717, 1.165) is 18.4 Å². The van der Waals surface area contributed by atoms with Gasteiger partial charge < -0.3 is 19.1 Å². The van der Waals surface area contributed by atoms with Gasteiger partial charge in [0, 0.05) is 19.3 Å². The highest BCUT2D eigenvalue weighted by molar-refractivity contribution is 5.86. The molecule has 0 radical (unpaired) electrons. The molecule has 1 fully saturated rings. The van der Waals surface area contributed by atoms with Gasteiger partial charge in [0.2, 0.25) is 0 Å². The van der Waals surface area contributed by atoms with Crippen molar-refractivity contribution in [1.82, 2.24) is 4.90 Å². The highest BCUT2D eigenvalue weighted by atomic mass is 16.6. The topological polar surface area (TPSA) is 77.1 Å². The van der Waals surface area contributed by atoms with Crippen LogP contribution in [0.2, 0.25) is 0 Å². The number of hydrogen-bond donors (Lipinski definition) is 1. The van der Waals surface area contributed by atoms with Crippen LogP contribution in [0.3, 0.4) is 0 Å². The van der Waals surface area contributed by atoms with Crippen molar-refractivity contribution in [2.24, 2.45) is 0 Å². The third-order valence-corrected chi connectivity index (χ3v) is 5.11. The average molecular weight is 427 g/mol. The Kier molecular flexibility index (Phi) is 6.85. The van der Waals surface area contributed by atoms with E-state index in [1.807, 2.05) is 39.0 Å². The summed E-state index contributed by atoms with van der Waals surface area (Å²) in [5.41, 5.74) is 0.366. The van der Waals surface area contributed by atoms with Gasteiger partial charge in [-0.05, 0) is 63.4 Å². The number of hydrogen-bond acceptors (Lipinski definition) is 5. The van der Waals surface area contributed by atoms with Gasteiger partial charge in [0.1, 0.15) is 17.0 Å². The molecule has 7 heteroatoms. The molecule has 0 spiro atoms.